The third-order valence-corrected chi connectivity index (χ3v) is 4.34. The highest BCUT2D eigenvalue weighted by Gasteiger charge is 2.35. The fraction of sp³-hybridized carbons (Fsp3) is 0.118. The van der Waals surface area contributed by atoms with E-state index in [9.17, 15) is 17.4 Å². The Bertz CT molecular complexity index is 935. The molecule has 0 radical (unpaired) electrons. The van der Waals surface area contributed by atoms with E-state index in [-0.39, 0.29) is 10.6 Å². The highest BCUT2D eigenvalue weighted by Crippen LogP contribution is 2.33. The Morgan fingerprint density at radius 2 is 1.69 bits per heavy atom. The SMILES string of the molecule is COc1ccc(-n2nc(C(F)(F)F)cc2-c2ccc(S(=O)O)cc2)cc1. The normalized spacial score (nSPS) is 12.8. The van der Waals surface area contributed by atoms with Crippen molar-refractivity contribution in [3.05, 3.63) is 60.3 Å². The van der Waals surface area contributed by atoms with Crippen LogP contribution in [0.5, 0.6) is 5.75 Å². The molecule has 3 rings (SSSR count). The van der Waals surface area contributed by atoms with Gasteiger partial charge in [0.2, 0.25) is 0 Å². The second-order valence-electron chi connectivity index (χ2n) is 5.30. The van der Waals surface area contributed by atoms with Crippen molar-refractivity contribution < 1.29 is 26.7 Å². The van der Waals surface area contributed by atoms with Crippen molar-refractivity contribution in [2.24, 2.45) is 0 Å². The standard InChI is InChI=1S/C17H13F3N2O3S/c1-25-13-6-4-12(5-7-13)22-15(10-16(21-22)17(18,19)20)11-2-8-14(9-3-11)26(23)24/h2-10H,1H3,(H,23,24). The molecule has 3 aromatic rings. The van der Waals surface area contributed by atoms with Gasteiger partial charge in [0.1, 0.15) is 5.75 Å². The van der Waals surface area contributed by atoms with Crippen LogP contribution in [0.25, 0.3) is 16.9 Å². The van der Waals surface area contributed by atoms with E-state index in [1.807, 2.05) is 0 Å². The van der Waals surface area contributed by atoms with Crippen molar-refractivity contribution in [2.45, 2.75) is 11.1 Å². The van der Waals surface area contributed by atoms with Gasteiger partial charge < -0.3 is 9.29 Å². The van der Waals surface area contributed by atoms with Crippen LogP contribution in [-0.4, -0.2) is 25.7 Å². The van der Waals surface area contributed by atoms with Crippen LogP contribution in [0, 0.1) is 0 Å². The topological polar surface area (TPSA) is 64.4 Å². The van der Waals surface area contributed by atoms with Crippen LogP contribution < -0.4 is 4.74 Å². The highest BCUT2D eigenvalue weighted by atomic mass is 32.2. The summed E-state index contributed by atoms with van der Waals surface area (Å²) in [6, 6.07) is 13.1. The molecule has 1 unspecified atom stereocenters. The summed E-state index contributed by atoms with van der Waals surface area (Å²) in [6.07, 6.45) is -4.60. The molecule has 0 aliphatic rings. The highest BCUT2D eigenvalue weighted by molar-refractivity contribution is 7.79. The number of benzene rings is 2. The number of hydrogen-bond donors (Lipinski definition) is 1. The molecule has 0 saturated heterocycles. The minimum Gasteiger partial charge on any atom is -0.497 e. The Balaban J connectivity index is 2.13. The largest absolute Gasteiger partial charge is 0.497 e. The Labute approximate surface area is 149 Å². The van der Waals surface area contributed by atoms with E-state index in [2.05, 4.69) is 5.10 Å². The average molecular weight is 382 g/mol. The lowest BCUT2D eigenvalue weighted by molar-refractivity contribution is -0.141. The van der Waals surface area contributed by atoms with Crippen LogP contribution in [0.15, 0.2) is 59.5 Å². The van der Waals surface area contributed by atoms with E-state index < -0.39 is 23.0 Å². The lowest BCUT2D eigenvalue weighted by Crippen LogP contribution is -2.07. The van der Waals surface area contributed by atoms with Crippen molar-refractivity contribution in [1.29, 1.82) is 0 Å². The third-order valence-electron chi connectivity index (χ3n) is 3.67. The van der Waals surface area contributed by atoms with Gasteiger partial charge in [-0.15, -0.1) is 0 Å². The number of alkyl halides is 3. The van der Waals surface area contributed by atoms with Crippen LogP contribution in [0.2, 0.25) is 0 Å². The molecule has 1 aromatic heterocycles. The molecule has 26 heavy (non-hydrogen) atoms. The second kappa shape index (κ2) is 6.93. The summed E-state index contributed by atoms with van der Waals surface area (Å²) in [7, 11) is 1.49. The number of ether oxygens (including phenoxy) is 1. The minimum atomic E-state index is -4.60. The van der Waals surface area contributed by atoms with Crippen molar-refractivity contribution >= 4 is 11.1 Å². The van der Waals surface area contributed by atoms with Crippen molar-refractivity contribution in [2.75, 3.05) is 7.11 Å². The summed E-state index contributed by atoms with van der Waals surface area (Å²) in [5, 5.41) is 3.68. The quantitative estimate of drug-likeness (QED) is 0.689. The molecule has 0 spiro atoms. The molecule has 1 N–H and O–H groups in total. The molecule has 0 aliphatic heterocycles. The average Bonchev–Trinajstić information content (AvgIpc) is 3.07. The minimum absolute atomic E-state index is 0.153. The van der Waals surface area contributed by atoms with Crippen LogP contribution in [0.3, 0.4) is 0 Å². The van der Waals surface area contributed by atoms with Gasteiger partial charge in [-0.25, -0.2) is 8.89 Å². The molecule has 0 aliphatic carbocycles. The van der Waals surface area contributed by atoms with Gasteiger partial charge in [0.25, 0.3) is 0 Å². The zero-order chi connectivity index (χ0) is 18.9. The molecule has 0 bridgehead atoms. The fourth-order valence-electron chi connectivity index (χ4n) is 2.39. The molecule has 5 nitrogen and oxygen atoms in total. The van der Waals surface area contributed by atoms with Gasteiger partial charge in [-0.1, -0.05) is 12.1 Å². The Hall–Kier alpha value is -2.65. The summed E-state index contributed by atoms with van der Waals surface area (Å²) >= 11 is -2.16. The number of rotatable bonds is 4. The van der Waals surface area contributed by atoms with Crippen LogP contribution in [-0.2, 0) is 17.3 Å². The summed E-state index contributed by atoms with van der Waals surface area (Å²) in [5.41, 5.74) is 0.0278. The van der Waals surface area contributed by atoms with E-state index in [1.165, 1.54) is 36.1 Å². The molecule has 0 fully saturated rings. The first-order valence-electron chi connectivity index (χ1n) is 7.32. The van der Waals surface area contributed by atoms with Gasteiger partial charge >= 0.3 is 6.18 Å². The Morgan fingerprint density at radius 1 is 1.08 bits per heavy atom. The lowest BCUT2D eigenvalue weighted by Gasteiger charge is -2.09. The van der Waals surface area contributed by atoms with Crippen molar-refractivity contribution in [3.63, 3.8) is 0 Å². The molecule has 136 valence electrons. The maximum absolute atomic E-state index is 13.1. The molecule has 2 aromatic carbocycles. The molecule has 1 heterocycles. The monoisotopic (exact) mass is 382 g/mol. The van der Waals surface area contributed by atoms with E-state index in [4.69, 9.17) is 9.29 Å². The van der Waals surface area contributed by atoms with Gasteiger partial charge in [0, 0.05) is 5.56 Å². The molecule has 1 atom stereocenters. The van der Waals surface area contributed by atoms with Gasteiger partial charge in [0.15, 0.2) is 16.8 Å². The summed E-state index contributed by atoms with van der Waals surface area (Å²) in [6.45, 7) is 0. The molecular weight excluding hydrogens is 369 g/mol. The zero-order valence-corrected chi connectivity index (χ0v) is 14.2. The maximum Gasteiger partial charge on any atom is 0.435 e. The smallest absolute Gasteiger partial charge is 0.435 e. The van der Waals surface area contributed by atoms with E-state index in [0.717, 1.165) is 6.07 Å². The predicted molar refractivity (Wildman–Crippen MR) is 89.6 cm³/mol. The van der Waals surface area contributed by atoms with E-state index in [0.29, 0.717) is 17.0 Å². The van der Waals surface area contributed by atoms with Gasteiger partial charge in [0.05, 0.1) is 23.4 Å². The summed E-state index contributed by atoms with van der Waals surface area (Å²) < 4.78 is 65.8. The third kappa shape index (κ3) is 3.63. The van der Waals surface area contributed by atoms with Crippen molar-refractivity contribution in [3.8, 4) is 22.7 Å². The van der Waals surface area contributed by atoms with Gasteiger partial charge in [-0.3, -0.25) is 0 Å². The van der Waals surface area contributed by atoms with Crippen LogP contribution >= 0.6 is 0 Å². The number of halogens is 3. The Morgan fingerprint density at radius 3 is 2.19 bits per heavy atom. The fourth-order valence-corrected chi connectivity index (χ4v) is 2.76. The molecular formula is C17H13F3N2O3S. The van der Waals surface area contributed by atoms with E-state index >= 15 is 0 Å². The molecule has 9 heteroatoms. The van der Waals surface area contributed by atoms with Gasteiger partial charge in [-0.2, -0.15) is 18.3 Å². The molecule has 0 saturated carbocycles. The number of methoxy groups -OCH3 is 1. The first kappa shape index (κ1) is 18.2. The second-order valence-corrected chi connectivity index (χ2v) is 6.27. The summed E-state index contributed by atoms with van der Waals surface area (Å²) in [5.74, 6) is 0.563. The predicted octanol–water partition coefficient (Wildman–Crippen LogP) is 4.15. The number of hydrogen-bond acceptors (Lipinski definition) is 3. The van der Waals surface area contributed by atoms with Crippen LogP contribution in [0.4, 0.5) is 13.2 Å². The maximum atomic E-state index is 13.1. The first-order chi connectivity index (χ1) is 12.3. The first-order valence-corrected chi connectivity index (χ1v) is 8.43. The van der Waals surface area contributed by atoms with Crippen LogP contribution in [0.1, 0.15) is 5.69 Å². The van der Waals surface area contributed by atoms with Gasteiger partial charge in [-0.05, 0) is 42.5 Å². The van der Waals surface area contributed by atoms with Crippen molar-refractivity contribution in [1.82, 2.24) is 9.78 Å². The number of nitrogens with zero attached hydrogens (tertiary/aromatic N) is 2. The zero-order valence-electron chi connectivity index (χ0n) is 13.4. The summed E-state index contributed by atoms with van der Waals surface area (Å²) in [4.78, 5) is 0.153. The Kier molecular flexibility index (Phi) is 4.84. The lowest BCUT2D eigenvalue weighted by atomic mass is 10.1. The van der Waals surface area contributed by atoms with E-state index in [1.54, 1.807) is 24.3 Å². The number of aromatic nitrogens is 2. The molecule has 0 amide bonds.